The molecular weight excluding hydrogens is 264 g/mol. The van der Waals surface area contributed by atoms with E-state index in [9.17, 15) is 4.79 Å². The number of carbonyl (C=O) groups excluding carboxylic acids is 1. The van der Waals surface area contributed by atoms with Gasteiger partial charge >= 0.3 is 0 Å². The maximum Gasteiger partial charge on any atom is 0.254 e. The monoisotopic (exact) mass is 290 g/mol. The predicted molar refractivity (Wildman–Crippen MR) is 85.7 cm³/mol. The molecule has 116 valence electrons. The average Bonchev–Trinajstić information content (AvgIpc) is 2.49. The highest BCUT2D eigenvalue weighted by molar-refractivity contribution is 5.95. The van der Waals surface area contributed by atoms with Crippen LogP contribution in [-0.4, -0.2) is 41.7 Å². The normalized spacial score (nSPS) is 18.6. The highest BCUT2D eigenvalue weighted by atomic mass is 16.3. The van der Waals surface area contributed by atoms with E-state index in [2.05, 4.69) is 12.2 Å². The second-order valence-electron chi connectivity index (χ2n) is 5.88. The lowest BCUT2D eigenvalue weighted by molar-refractivity contribution is 0.0635. The fraction of sp³-hybridized carbons (Fsp3) is 0.588. The molecule has 0 unspecified atom stereocenters. The minimum atomic E-state index is 0.146. The Bertz CT molecular complexity index is 488. The number of anilines is 1. The number of amides is 1. The summed E-state index contributed by atoms with van der Waals surface area (Å²) in [6, 6.07) is 6.17. The number of benzene rings is 1. The highest BCUT2D eigenvalue weighted by Gasteiger charge is 2.24. The van der Waals surface area contributed by atoms with Crippen LogP contribution in [0.5, 0.6) is 0 Å². The fourth-order valence-electron chi connectivity index (χ4n) is 2.86. The largest absolute Gasteiger partial charge is 0.396 e. The first-order valence-electron chi connectivity index (χ1n) is 7.90. The molecule has 1 aromatic carbocycles. The number of hydrogen-bond acceptors (Lipinski definition) is 3. The summed E-state index contributed by atoms with van der Waals surface area (Å²) in [6.45, 7) is 5.95. The van der Waals surface area contributed by atoms with Crippen molar-refractivity contribution >= 4 is 11.6 Å². The lowest BCUT2D eigenvalue weighted by atomic mass is 10.0. The number of aliphatic hydroxyl groups excluding tert-OH is 1. The van der Waals surface area contributed by atoms with Crippen LogP contribution in [0.1, 0.15) is 48.5 Å². The number of hydrogen-bond donors (Lipinski definition) is 2. The van der Waals surface area contributed by atoms with Crippen molar-refractivity contribution in [2.24, 2.45) is 0 Å². The van der Waals surface area contributed by atoms with Gasteiger partial charge in [-0.2, -0.15) is 0 Å². The number of aliphatic hydroxyl groups is 1. The Morgan fingerprint density at radius 2 is 2.24 bits per heavy atom. The SMILES string of the molecule is Cc1cc(C(=O)N2CCCC[C@H]2C)ccc1NCCCO. The van der Waals surface area contributed by atoms with Crippen LogP contribution >= 0.6 is 0 Å². The van der Waals surface area contributed by atoms with Crippen molar-refractivity contribution in [3.63, 3.8) is 0 Å². The summed E-state index contributed by atoms with van der Waals surface area (Å²) in [5.74, 6) is 0.146. The van der Waals surface area contributed by atoms with Crippen LogP contribution in [0.25, 0.3) is 0 Å². The molecule has 2 rings (SSSR count). The van der Waals surface area contributed by atoms with E-state index in [1.54, 1.807) is 0 Å². The topological polar surface area (TPSA) is 52.6 Å². The van der Waals surface area contributed by atoms with Crippen LogP contribution in [0.4, 0.5) is 5.69 Å². The van der Waals surface area contributed by atoms with Gasteiger partial charge in [0.15, 0.2) is 0 Å². The van der Waals surface area contributed by atoms with E-state index in [1.807, 2.05) is 30.0 Å². The molecule has 1 amide bonds. The standard InChI is InChI=1S/C17H26N2O2/c1-13-12-15(7-8-16(13)18-9-5-11-20)17(21)19-10-4-3-6-14(19)2/h7-8,12,14,18,20H,3-6,9-11H2,1-2H3/t14-/m1/s1. The van der Waals surface area contributed by atoms with Gasteiger partial charge in [-0.15, -0.1) is 0 Å². The molecule has 0 spiro atoms. The summed E-state index contributed by atoms with van der Waals surface area (Å²) in [5, 5.41) is 12.1. The van der Waals surface area contributed by atoms with E-state index in [4.69, 9.17) is 5.11 Å². The molecule has 4 nitrogen and oxygen atoms in total. The number of likely N-dealkylation sites (tertiary alicyclic amines) is 1. The molecule has 0 aromatic heterocycles. The summed E-state index contributed by atoms with van der Waals surface area (Å²) >= 11 is 0. The molecule has 1 aliphatic rings. The zero-order valence-corrected chi connectivity index (χ0v) is 13.1. The second kappa shape index (κ2) is 7.46. The lowest BCUT2D eigenvalue weighted by Crippen LogP contribution is -2.42. The van der Waals surface area contributed by atoms with Crippen molar-refractivity contribution in [1.82, 2.24) is 4.90 Å². The Hall–Kier alpha value is -1.55. The Kier molecular flexibility index (Phi) is 5.62. The van der Waals surface area contributed by atoms with Gasteiger partial charge < -0.3 is 15.3 Å². The van der Waals surface area contributed by atoms with E-state index in [1.165, 1.54) is 6.42 Å². The Labute approximate surface area is 127 Å². The maximum atomic E-state index is 12.6. The molecule has 1 saturated heterocycles. The molecule has 21 heavy (non-hydrogen) atoms. The Balaban J connectivity index is 2.06. The third kappa shape index (κ3) is 3.97. The van der Waals surface area contributed by atoms with Crippen molar-refractivity contribution in [1.29, 1.82) is 0 Å². The van der Waals surface area contributed by atoms with Gasteiger partial charge in [0.2, 0.25) is 0 Å². The quantitative estimate of drug-likeness (QED) is 0.820. The first-order chi connectivity index (χ1) is 10.1. The Morgan fingerprint density at radius 3 is 2.90 bits per heavy atom. The summed E-state index contributed by atoms with van der Waals surface area (Å²) in [5.41, 5.74) is 2.88. The van der Waals surface area contributed by atoms with Gasteiger partial charge in [-0.3, -0.25) is 4.79 Å². The molecule has 2 N–H and O–H groups in total. The lowest BCUT2D eigenvalue weighted by Gasteiger charge is -2.33. The predicted octanol–water partition coefficient (Wildman–Crippen LogP) is 2.80. The van der Waals surface area contributed by atoms with Crippen LogP contribution in [0.2, 0.25) is 0 Å². The van der Waals surface area contributed by atoms with Gasteiger partial charge in [0.1, 0.15) is 0 Å². The molecular formula is C17H26N2O2. The average molecular weight is 290 g/mol. The van der Waals surface area contributed by atoms with Crippen LogP contribution < -0.4 is 5.32 Å². The molecule has 0 aliphatic carbocycles. The summed E-state index contributed by atoms with van der Waals surface area (Å²) < 4.78 is 0. The first-order valence-corrected chi connectivity index (χ1v) is 7.90. The van der Waals surface area contributed by atoms with Crippen molar-refractivity contribution in [3.8, 4) is 0 Å². The van der Waals surface area contributed by atoms with E-state index < -0.39 is 0 Å². The number of piperidine rings is 1. The molecule has 0 radical (unpaired) electrons. The first kappa shape index (κ1) is 15.8. The molecule has 1 heterocycles. The van der Waals surface area contributed by atoms with E-state index >= 15 is 0 Å². The zero-order chi connectivity index (χ0) is 15.2. The molecule has 1 aliphatic heterocycles. The van der Waals surface area contributed by atoms with Gasteiger partial charge in [-0.05, 0) is 63.3 Å². The summed E-state index contributed by atoms with van der Waals surface area (Å²) in [4.78, 5) is 14.6. The Morgan fingerprint density at radius 1 is 1.43 bits per heavy atom. The van der Waals surface area contributed by atoms with Crippen LogP contribution in [0, 0.1) is 6.92 Å². The highest BCUT2D eigenvalue weighted by Crippen LogP contribution is 2.22. The number of rotatable bonds is 5. The summed E-state index contributed by atoms with van der Waals surface area (Å²) in [6.07, 6.45) is 4.16. The fourth-order valence-corrected chi connectivity index (χ4v) is 2.86. The molecule has 4 heteroatoms. The van der Waals surface area contributed by atoms with E-state index in [0.717, 1.165) is 49.2 Å². The number of nitrogens with zero attached hydrogens (tertiary/aromatic N) is 1. The van der Waals surface area contributed by atoms with Crippen molar-refractivity contribution in [2.45, 2.75) is 45.6 Å². The second-order valence-corrected chi connectivity index (χ2v) is 5.88. The molecule has 0 bridgehead atoms. The minimum Gasteiger partial charge on any atom is -0.396 e. The minimum absolute atomic E-state index is 0.146. The number of carbonyl (C=O) groups is 1. The molecule has 1 fully saturated rings. The summed E-state index contributed by atoms with van der Waals surface area (Å²) in [7, 11) is 0. The van der Waals surface area contributed by atoms with Gasteiger partial charge in [-0.25, -0.2) is 0 Å². The van der Waals surface area contributed by atoms with Crippen molar-refractivity contribution < 1.29 is 9.90 Å². The van der Waals surface area contributed by atoms with E-state index in [0.29, 0.717) is 6.04 Å². The van der Waals surface area contributed by atoms with Gasteiger partial charge in [0.05, 0.1) is 0 Å². The van der Waals surface area contributed by atoms with Gasteiger partial charge in [0.25, 0.3) is 5.91 Å². The van der Waals surface area contributed by atoms with Crippen molar-refractivity contribution in [3.05, 3.63) is 29.3 Å². The van der Waals surface area contributed by atoms with Crippen LogP contribution in [0.3, 0.4) is 0 Å². The van der Waals surface area contributed by atoms with Gasteiger partial charge in [-0.1, -0.05) is 0 Å². The van der Waals surface area contributed by atoms with Crippen LogP contribution in [-0.2, 0) is 0 Å². The zero-order valence-electron chi connectivity index (χ0n) is 13.1. The third-order valence-electron chi connectivity index (χ3n) is 4.19. The smallest absolute Gasteiger partial charge is 0.254 e. The van der Waals surface area contributed by atoms with Crippen LogP contribution in [0.15, 0.2) is 18.2 Å². The third-order valence-corrected chi connectivity index (χ3v) is 4.19. The molecule has 0 saturated carbocycles. The van der Waals surface area contributed by atoms with Gasteiger partial charge in [0, 0.05) is 37.0 Å². The number of aryl methyl sites for hydroxylation is 1. The molecule has 1 atom stereocenters. The number of nitrogens with one attached hydrogen (secondary N) is 1. The van der Waals surface area contributed by atoms with Crippen molar-refractivity contribution in [2.75, 3.05) is 25.0 Å². The van der Waals surface area contributed by atoms with E-state index in [-0.39, 0.29) is 12.5 Å². The maximum absolute atomic E-state index is 12.6. The molecule has 1 aromatic rings.